The number of hydrogen-bond donors (Lipinski definition) is 2. The lowest BCUT2D eigenvalue weighted by atomic mass is 10.2. The van der Waals surface area contributed by atoms with Crippen LogP contribution in [-0.2, 0) is 0 Å². The zero-order valence-electron chi connectivity index (χ0n) is 7.77. The van der Waals surface area contributed by atoms with Gasteiger partial charge in [-0.05, 0) is 18.2 Å². The molecule has 0 atom stereocenters. The van der Waals surface area contributed by atoms with Crippen molar-refractivity contribution in [2.24, 2.45) is 0 Å². The molecule has 74 valence electrons. The Balaban J connectivity index is 2.17. The van der Waals surface area contributed by atoms with E-state index in [2.05, 4.69) is 21.0 Å². The highest BCUT2D eigenvalue weighted by Gasteiger charge is 2.05. The lowest BCUT2D eigenvalue weighted by molar-refractivity contribution is 1.31. The van der Waals surface area contributed by atoms with E-state index in [4.69, 9.17) is 5.73 Å². The molecule has 3 aromatic rings. The Bertz CT molecular complexity index is 582. The van der Waals surface area contributed by atoms with E-state index in [1.54, 1.807) is 17.5 Å². The van der Waals surface area contributed by atoms with E-state index >= 15 is 0 Å². The summed E-state index contributed by atoms with van der Waals surface area (Å²) >= 11 is 1.62. The number of aromatic amines is 1. The van der Waals surface area contributed by atoms with Gasteiger partial charge in [-0.1, -0.05) is 0 Å². The van der Waals surface area contributed by atoms with Crippen LogP contribution in [0, 0.1) is 0 Å². The van der Waals surface area contributed by atoms with Crippen LogP contribution >= 0.6 is 11.3 Å². The Kier molecular flexibility index (Phi) is 1.72. The maximum atomic E-state index is 5.63. The molecule has 0 radical (unpaired) electrons. The van der Waals surface area contributed by atoms with Crippen molar-refractivity contribution in [2.75, 3.05) is 5.73 Å². The number of pyridine rings is 1. The molecule has 0 amide bonds. The Labute approximate surface area is 89.8 Å². The third kappa shape index (κ3) is 1.37. The number of H-pyrrole nitrogens is 1. The number of nitrogen functional groups attached to an aromatic ring is 1. The number of aromatic nitrogens is 3. The largest absolute Gasteiger partial charge is 0.384 e. The molecule has 15 heavy (non-hydrogen) atoms. The van der Waals surface area contributed by atoms with Gasteiger partial charge in [0.25, 0.3) is 0 Å². The van der Waals surface area contributed by atoms with Crippen LogP contribution in [0.15, 0.2) is 29.9 Å². The normalized spacial score (nSPS) is 10.9. The Morgan fingerprint density at radius 3 is 3.00 bits per heavy atom. The van der Waals surface area contributed by atoms with Crippen LogP contribution in [-0.4, -0.2) is 15.0 Å². The zero-order chi connectivity index (χ0) is 10.3. The molecule has 5 heteroatoms. The first kappa shape index (κ1) is 8.43. The molecule has 0 saturated heterocycles. The van der Waals surface area contributed by atoms with E-state index in [-0.39, 0.29) is 0 Å². The minimum Gasteiger partial charge on any atom is -0.384 e. The Morgan fingerprint density at radius 2 is 2.20 bits per heavy atom. The minimum atomic E-state index is 0.526. The van der Waals surface area contributed by atoms with Gasteiger partial charge in [-0.15, -0.1) is 11.3 Å². The third-order valence-electron chi connectivity index (χ3n) is 2.22. The zero-order valence-corrected chi connectivity index (χ0v) is 8.58. The summed E-state index contributed by atoms with van der Waals surface area (Å²) in [6.07, 6.45) is 1.70. The monoisotopic (exact) mass is 216 g/mol. The Hall–Kier alpha value is -1.88. The summed E-state index contributed by atoms with van der Waals surface area (Å²) in [6, 6.07) is 5.84. The average molecular weight is 216 g/mol. The number of hydrogen-bond acceptors (Lipinski definition) is 4. The van der Waals surface area contributed by atoms with Crippen LogP contribution in [0.2, 0.25) is 0 Å². The van der Waals surface area contributed by atoms with Crippen molar-refractivity contribution < 1.29 is 0 Å². The van der Waals surface area contributed by atoms with Crippen molar-refractivity contribution in [3.05, 3.63) is 29.9 Å². The summed E-state index contributed by atoms with van der Waals surface area (Å²) in [5.41, 5.74) is 10.4. The number of nitrogens with two attached hydrogens (primary N) is 1. The van der Waals surface area contributed by atoms with Gasteiger partial charge in [0, 0.05) is 17.5 Å². The summed E-state index contributed by atoms with van der Waals surface area (Å²) in [5.74, 6) is 0.526. The fourth-order valence-electron chi connectivity index (χ4n) is 1.52. The fraction of sp³-hybridized carbons (Fsp3) is 0. The summed E-state index contributed by atoms with van der Waals surface area (Å²) in [7, 11) is 0. The summed E-state index contributed by atoms with van der Waals surface area (Å²) < 4.78 is 1.15. The van der Waals surface area contributed by atoms with Gasteiger partial charge in [0.15, 0.2) is 0 Å². The second kappa shape index (κ2) is 3.06. The first-order chi connectivity index (χ1) is 7.33. The van der Waals surface area contributed by atoms with Crippen molar-refractivity contribution in [3.8, 4) is 11.3 Å². The molecule has 3 rings (SSSR count). The van der Waals surface area contributed by atoms with E-state index in [0.717, 1.165) is 21.6 Å². The second-order valence-electron chi connectivity index (χ2n) is 3.22. The molecule has 4 nitrogen and oxygen atoms in total. The summed E-state index contributed by atoms with van der Waals surface area (Å²) in [5, 5.41) is 0. The van der Waals surface area contributed by atoms with E-state index in [0.29, 0.717) is 5.82 Å². The molecule has 0 aliphatic heterocycles. The lowest BCUT2D eigenvalue weighted by Crippen LogP contribution is -1.89. The molecular formula is C10H8N4S. The SMILES string of the molecule is Nc1cc(-c2cc3scnc3[nH]2)ccn1. The van der Waals surface area contributed by atoms with Gasteiger partial charge in [-0.3, -0.25) is 0 Å². The molecule has 0 aromatic carbocycles. The molecule has 0 aliphatic carbocycles. The number of thiazole rings is 1. The van der Waals surface area contributed by atoms with Crippen LogP contribution in [0.5, 0.6) is 0 Å². The third-order valence-corrected chi connectivity index (χ3v) is 2.99. The molecule has 3 aromatic heterocycles. The highest BCUT2D eigenvalue weighted by molar-refractivity contribution is 7.16. The van der Waals surface area contributed by atoms with Crippen molar-refractivity contribution in [2.45, 2.75) is 0 Å². The topological polar surface area (TPSA) is 67.6 Å². The average Bonchev–Trinajstić information content (AvgIpc) is 2.76. The molecule has 0 unspecified atom stereocenters. The molecular weight excluding hydrogens is 208 g/mol. The van der Waals surface area contributed by atoms with Crippen LogP contribution in [0.3, 0.4) is 0 Å². The predicted molar refractivity (Wildman–Crippen MR) is 61.6 cm³/mol. The highest BCUT2D eigenvalue weighted by Crippen LogP contribution is 2.26. The maximum absolute atomic E-state index is 5.63. The number of anilines is 1. The van der Waals surface area contributed by atoms with Gasteiger partial charge in [-0.2, -0.15) is 0 Å². The standard InChI is InChI=1S/C10H8N4S/c11-9-3-6(1-2-12-9)7-4-8-10(14-7)13-5-15-8/h1-5,14H,(H2,11,12). The number of rotatable bonds is 1. The van der Waals surface area contributed by atoms with Gasteiger partial charge in [0.05, 0.1) is 10.2 Å². The number of nitrogens with zero attached hydrogens (tertiary/aromatic N) is 2. The fourth-order valence-corrected chi connectivity index (χ4v) is 2.19. The highest BCUT2D eigenvalue weighted by atomic mass is 32.1. The van der Waals surface area contributed by atoms with Gasteiger partial charge in [0.1, 0.15) is 11.5 Å². The van der Waals surface area contributed by atoms with E-state index in [9.17, 15) is 0 Å². The molecule has 0 fully saturated rings. The van der Waals surface area contributed by atoms with Crippen molar-refractivity contribution in [1.29, 1.82) is 0 Å². The molecule has 0 saturated carbocycles. The lowest BCUT2D eigenvalue weighted by Gasteiger charge is -1.97. The first-order valence-electron chi connectivity index (χ1n) is 4.47. The van der Waals surface area contributed by atoms with Crippen LogP contribution in [0.4, 0.5) is 5.82 Å². The van der Waals surface area contributed by atoms with Gasteiger partial charge >= 0.3 is 0 Å². The second-order valence-corrected chi connectivity index (χ2v) is 4.10. The van der Waals surface area contributed by atoms with Gasteiger partial charge in [0.2, 0.25) is 0 Å². The van der Waals surface area contributed by atoms with Gasteiger partial charge < -0.3 is 10.7 Å². The summed E-state index contributed by atoms with van der Waals surface area (Å²) in [4.78, 5) is 11.4. The summed E-state index contributed by atoms with van der Waals surface area (Å²) in [6.45, 7) is 0. The molecule has 3 heterocycles. The smallest absolute Gasteiger partial charge is 0.148 e. The maximum Gasteiger partial charge on any atom is 0.148 e. The molecule has 0 bridgehead atoms. The predicted octanol–water partition coefficient (Wildman–Crippen LogP) is 2.27. The quantitative estimate of drug-likeness (QED) is 0.655. The minimum absolute atomic E-state index is 0.526. The van der Waals surface area contributed by atoms with Crippen LogP contribution < -0.4 is 5.73 Å². The molecule has 0 aliphatic rings. The van der Waals surface area contributed by atoms with Crippen LogP contribution in [0.1, 0.15) is 0 Å². The van der Waals surface area contributed by atoms with E-state index in [1.807, 2.05) is 17.6 Å². The molecule has 3 N–H and O–H groups in total. The Morgan fingerprint density at radius 1 is 1.27 bits per heavy atom. The first-order valence-corrected chi connectivity index (χ1v) is 5.35. The number of nitrogens with one attached hydrogen (secondary N) is 1. The van der Waals surface area contributed by atoms with Gasteiger partial charge in [-0.25, -0.2) is 9.97 Å². The van der Waals surface area contributed by atoms with Crippen LogP contribution in [0.25, 0.3) is 21.6 Å². The van der Waals surface area contributed by atoms with E-state index < -0.39 is 0 Å². The van der Waals surface area contributed by atoms with E-state index in [1.165, 1.54) is 0 Å². The number of fused-ring (bicyclic) bond motifs is 1. The van der Waals surface area contributed by atoms with Crippen molar-refractivity contribution >= 4 is 27.5 Å². The van der Waals surface area contributed by atoms with Crippen molar-refractivity contribution in [1.82, 2.24) is 15.0 Å². The van der Waals surface area contributed by atoms with Crippen molar-refractivity contribution in [3.63, 3.8) is 0 Å². The molecule has 0 spiro atoms.